The number of carboxylic acids is 1. The second kappa shape index (κ2) is 12.8. The zero-order valence-electron chi connectivity index (χ0n) is 17.3. The number of carbonyl (C=O) groups is 1. The molecule has 0 bridgehead atoms. The van der Waals surface area contributed by atoms with Gasteiger partial charge in [0.15, 0.2) is 5.54 Å². The highest BCUT2D eigenvalue weighted by atomic mass is 32.2. The summed E-state index contributed by atoms with van der Waals surface area (Å²) in [7, 11) is 1.63. The molecule has 0 saturated carbocycles. The molecule has 0 radical (unpaired) electrons. The van der Waals surface area contributed by atoms with E-state index in [9.17, 15) is 15.0 Å². The summed E-state index contributed by atoms with van der Waals surface area (Å²) in [6, 6.07) is 4.87. The number of aliphatic carboxylic acids is 1. The Labute approximate surface area is 180 Å². The first-order chi connectivity index (χ1) is 14.5. The zero-order valence-corrected chi connectivity index (χ0v) is 18.1. The molecular weight excluding hydrogens is 414 g/mol. The molecule has 2 N–H and O–H groups in total. The van der Waals surface area contributed by atoms with Crippen molar-refractivity contribution in [2.24, 2.45) is 4.99 Å². The lowest BCUT2D eigenvalue weighted by Crippen LogP contribution is -2.33. The van der Waals surface area contributed by atoms with Crippen molar-refractivity contribution in [3.05, 3.63) is 23.8 Å². The number of benzene rings is 1. The van der Waals surface area contributed by atoms with E-state index in [1.807, 2.05) is 0 Å². The molecule has 0 amide bonds. The van der Waals surface area contributed by atoms with Crippen LogP contribution < -0.4 is 4.74 Å². The Morgan fingerprint density at radius 1 is 1.07 bits per heavy atom. The van der Waals surface area contributed by atoms with Crippen LogP contribution in [0.15, 0.2) is 23.2 Å². The van der Waals surface area contributed by atoms with E-state index < -0.39 is 11.5 Å². The zero-order chi connectivity index (χ0) is 21.8. The molecule has 0 aliphatic carbocycles. The van der Waals surface area contributed by atoms with Crippen LogP contribution in [0.2, 0.25) is 0 Å². The van der Waals surface area contributed by atoms with E-state index in [0.717, 1.165) is 0 Å². The third kappa shape index (κ3) is 7.77. The number of phenols is 1. The summed E-state index contributed by atoms with van der Waals surface area (Å²) in [4.78, 5) is 15.6. The van der Waals surface area contributed by atoms with E-state index in [1.165, 1.54) is 17.8 Å². The number of phenolic OH excluding ortho intramolecular Hbond substituents is 1. The van der Waals surface area contributed by atoms with Crippen molar-refractivity contribution in [2.45, 2.75) is 12.5 Å². The van der Waals surface area contributed by atoms with Crippen molar-refractivity contribution in [3.63, 3.8) is 0 Å². The van der Waals surface area contributed by atoms with Gasteiger partial charge in [0.1, 0.15) is 23.1 Å². The van der Waals surface area contributed by atoms with Gasteiger partial charge in [0.25, 0.3) is 0 Å². The molecule has 168 valence electrons. The monoisotopic (exact) mass is 443 g/mol. The first-order valence-corrected chi connectivity index (χ1v) is 10.6. The number of hydrogen-bond donors (Lipinski definition) is 2. The van der Waals surface area contributed by atoms with Gasteiger partial charge in [-0.3, -0.25) is 4.99 Å². The lowest BCUT2D eigenvalue weighted by atomic mass is 10.1. The first-order valence-electron chi connectivity index (χ1n) is 9.60. The maximum Gasteiger partial charge on any atom is 0.332 e. The maximum atomic E-state index is 11.3. The van der Waals surface area contributed by atoms with Crippen molar-refractivity contribution < 1.29 is 38.7 Å². The number of ether oxygens (including phenoxy) is 5. The molecular formula is C20H29NO8S. The molecule has 1 aliphatic heterocycles. The van der Waals surface area contributed by atoms with Gasteiger partial charge in [0.05, 0.1) is 46.2 Å². The van der Waals surface area contributed by atoms with Crippen molar-refractivity contribution in [1.82, 2.24) is 0 Å². The molecule has 10 heteroatoms. The highest BCUT2D eigenvalue weighted by molar-refractivity contribution is 8.14. The Balaban J connectivity index is 1.62. The molecule has 1 aromatic rings. The maximum absolute atomic E-state index is 11.3. The van der Waals surface area contributed by atoms with Crippen molar-refractivity contribution in [2.75, 3.05) is 65.7 Å². The van der Waals surface area contributed by atoms with E-state index >= 15 is 0 Å². The predicted octanol–water partition coefficient (Wildman–Crippen LogP) is 1.80. The fourth-order valence-electron chi connectivity index (χ4n) is 2.43. The molecule has 1 aromatic carbocycles. The average Bonchev–Trinajstić information content (AvgIpc) is 3.12. The second-order valence-corrected chi connectivity index (χ2v) is 7.61. The molecule has 1 atom stereocenters. The molecule has 9 nitrogen and oxygen atoms in total. The summed E-state index contributed by atoms with van der Waals surface area (Å²) < 4.78 is 26.5. The standard InChI is InChI=1S/C20H29NO8S/c1-20(19(23)24)14-30-18(21-20)16-4-3-15(13-17(16)22)29-12-11-28-10-9-27-8-7-26-6-5-25-2/h3-4,13,22H,5-12,14H2,1-2H3,(H,23,24)/t20-/m1/s1. The topological polar surface area (TPSA) is 116 Å². The highest BCUT2D eigenvalue weighted by Crippen LogP contribution is 2.35. The van der Waals surface area contributed by atoms with Gasteiger partial charge >= 0.3 is 5.97 Å². The van der Waals surface area contributed by atoms with Crippen LogP contribution in [0.5, 0.6) is 11.5 Å². The smallest absolute Gasteiger partial charge is 0.332 e. The normalized spacial score (nSPS) is 18.4. The van der Waals surface area contributed by atoms with Gasteiger partial charge in [-0.2, -0.15) is 0 Å². The summed E-state index contributed by atoms with van der Waals surface area (Å²) in [6.07, 6.45) is 0. The number of aliphatic imine (C=N–C) groups is 1. The molecule has 1 aliphatic rings. The van der Waals surface area contributed by atoms with Gasteiger partial charge in [-0.1, -0.05) is 0 Å². The number of thioether (sulfide) groups is 1. The van der Waals surface area contributed by atoms with Crippen LogP contribution in [-0.4, -0.2) is 92.5 Å². The average molecular weight is 444 g/mol. The van der Waals surface area contributed by atoms with Crippen LogP contribution in [0, 0.1) is 0 Å². The van der Waals surface area contributed by atoms with Crippen LogP contribution in [-0.2, 0) is 23.7 Å². The van der Waals surface area contributed by atoms with E-state index in [0.29, 0.717) is 75.0 Å². The summed E-state index contributed by atoms with van der Waals surface area (Å²) in [6.45, 7) is 5.34. The second-order valence-electron chi connectivity index (χ2n) is 6.64. The predicted molar refractivity (Wildman–Crippen MR) is 113 cm³/mol. The molecule has 0 saturated heterocycles. The Morgan fingerprint density at radius 2 is 1.67 bits per heavy atom. The lowest BCUT2D eigenvalue weighted by molar-refractivity contribution is -0.141. The van der Waals surface area contributed by atoms with Gasteiger partial charge in [0.2, 0.25) is 0 Å². The largest absolute Gasteiger partial charge is 0.507 e. The van der Waals surface area contributed by atoms with Gasteiger partial charge < -0.3 is 33.9 Å². The molecule has 0 fully saturated rings. The number of hydrogen-bond acceptors (Lipinski definition) is 9. The third-order valence-electron chi connectivity index (χ3n) is 4.17. The number of methoxy groups -OCH3 is 1. The van der Waals surface area contributed by atoms with Gasteiger partial charge in [-0.05, 0) is 19.1 Å². The van der Waals surface area contributed by atoms with E-state index in [1.54, 1.807) is 26.2 Å². The van der Waals surface area contributed by atoms with Crippen molar-refractivity contribution in [3.8, 4) is 11.5 Å². The number of carboxylic acid groups (broad SMARTS) is 1. The summed E-state index contributed by atoms with van der Waals surface area (Å²) >= 11 is 1.31. The molecule has 0 unspecified atom stereocenters. The summed E-state index contributed by atoms with van der Waals surface area (Å²) in [5.41, 5.74) is -0.670. The first kappa shape index (κ1) is 24.4. The highest BCUT2D eigenvalue weighted by Gasteiger charge is 2.39. The van der Waals surface area contributed by atoms with Crippen LogP contribution in [0.3, 0.4) is 0 Å². The van der Waals surface area contributed by atoms with Crippen LogP contribution in [0.1, 0.15) is 12.5 Å². The van der Waals surface area contributed by atoms with Gasteiger partial charge in [-0.15, -0.1) is 11.8 Å². The summed E-state index contributed by atoms with van der Waals surface area (Å²) in [5.74, 6) is -0.161. The fourth-order valence-corrected chi connectivity index (χ4v) is 3.63. The summed E-state index contributed by atoms with van der Waals surface area (Å²) in [5, 5.41) is 20.0. The number of rotatable bonds is 15. The van der Waals surface area contributed by atoms with Crippen LogP contribution in [0.4, 0.5) is 0 Å². The van der Waals surface area contributed by atoms with Gasteiger partial charge in [-0.25, -0.2) is 4.79 Å². The molecule has 2 rings (SSSR count). The quantitative estimate of drug-likeness (QED) is 0.391. The minimum Gasteiger partial charge on any atom is -0.507 e. The SMILES string of the molecule is COCCOCCOCCOCCOc1ccc(C2=N[C@@](C)(C(=O)O)CS2)c(O)c1. The molecule has 0 aromatic heterocycles. The number of nitrogens with zero attached hydrogens (tertiary/aromatic N) is 1. The van der Waals surface area contributed by atoms with Crippen LogP contribution in [0.25, 0.3) is 0 Å². The van der Waals surface area contributed by atoms with E-state index in [4.69, 9.17) is 23.7 Å². The Bertz CT molecular complexity index is 714. The lowest BCUT2D eigenvalue weighted by Gasteiger charge is -2.12. The minimum atomic E-state index is -1.17. The molecule has 30 heavy (non-hydrogen) atoms. The van der Waals surface area contributed by atoms with E-state index in [-0.39, 0.29) is 5.75 Å². The minimum absolute atomic E-state index is 0.00424. The number of aromatic hydroxyl groups is 1. The fraction of sp³-hybridized carbons (Fsp3) is 0.600. The van der Waals surface area contributed by atoms with Crippen LogP contribution >= 0.6 is 11.8 Å². The molecule has 0 spiro atoms. The van der Waals surface area contributed by atoms with E-state index in [2.05, 4.69) is 4.99 Å². The Kier molecular flexibility index (Phi) is 10.4. The molecule has 1 heterocycles. The van der Waals surface area contributed by atoms with Crippen molar-refractivity contribution >= 4 is 22.8 Å². The van der Waals surface area contributed by atoms with Gasteiger partial charge in [0, 0.05) is 24.5 Å². The third-order valence-corrected chi connectivity index (χ3v) is 5.46. The Morgan fingerprint density at radius 3 is 2.20 bits per heavy atom. The Hall–Kier alpha value is -1.85. The van der Waals surface area contributed by atoms with Crippen molar-refractivity contribution in [1.29, 1.82) is 0 Å².